The molecule has 0 spiro atoms. The molecule has 2 aromatic rings. The van der Waals surface area contributed by atoms with Gasteiger partial charge in [0, 0.05) is 63.7 Å². The Bertz CT molecular complexity index is 1060. The van der Waals surface area contributed by atoms with Gasteiger partial charge in [-0.2, -0.15) is 0 Å². The molecule has 10 heteroatoms. The highest BCUT2D eigenvalue weighted by atomic mass is 16.5. The van der Waals surface area contributed by atoms with Crippen molar-refractivity contribution >= 4 is 23.4 Å². The Balaban J connectivity index is 1.97. The van der Waals surface area contributed by atoms with Crippen molar-refractivity contribution in [2.24, 2.45) is 5.92 Å². The van der Waals surface area contributed by atoms with Gasteiger partial charge in [0.05, 0.1) is 23.9 Å². The number of hydrogen-bond donors (Lipinski definition) is 1. The third-order valence-corrected chi connectivity index (χ3v) is 6.25. The van der Waals surface area contributed by atoms with E-state index in [4.69, 9.17) is 9.47 Å². The molecular formula is C26H35N5O5. The molecule has 0 fully saturated rings. The van der Waals surface area contributed by atoms with Gasteiger partial charge in [0.1, 0.15) is 18.1 Å². The Morgan fingerprint density at radius 3 is 2.67 bits per heavy atom. The van der Waals surface area contributed by atoms with E-state index in [1.165, 1.54) is 18.6 Å². The topological polar surface area (TPSA) is 114 Å². The number of methoxy groups -OCH3 is 1. The van der Waals surface area contributed by atoms with Crippen LogP contribution in [0.25, 0.3) is 0 Å². The fraction of sp³-hybridized carbons (Fsp3) is 0.500. The van der Waals surface area contributed by atoms with Gasteiger partial charge < -0.3 is 24.6 Å². The summed E-state index contributed by atoms with van der Waals surface area (Å²) in [5, 5.41) is 2.84. The molecule has 3 amide bonds. The fourth-order valence-corrected chi connectivity index (χ4v) is 4.14. The first kappa shape index (κ1) is 27.1. The van der Waals surface area contributed by atoms with E-state index < -0.39 is 0 Å². The summed E-state index contributed by atoms with van der Waals surface area (Å²) in [4.78, 5) is 50.3. The molecular weight excluding hydrogens is 462 g/mol. The van der Waals surface area contributed by atoms with Gasteiger partial charge in [-0.3, -0.25) is 19.4 Å². The molecule has 1 aliphatic rings. The van der Waals surface area contributed by atoms with E-state index in [2.05, 4.69) is 15.3 Å². The van der Waals surface area contributed by atoms with Gasteiger partial charge in [-0.25, -0.2) is 4.98 Å². The Kier molecular flexibility index (Phi) is 9.35. The van der Waals surface area contributed by atoms with Crippen LogP contribution >= 0.6 is 0 Å². The Morgan fingerprint density at radius 2 is 2.00 bits per heavy atom. The number of benzene rings is 1. The maximum absolute atomic E-state index is 13.4. The van der Waals surface area contributed by atoms with Crippen LogP contribution in [0.4, 0.5) is 5.69 Å². The highest BCUT2D eigenvalue weighted by molar-refractivity contribution is 5.98. The van der Waals surface area contributed by atoms with E-state index in [1.54, 1.807) is 42.2 Å². The second-order valence-corrected chi connectivity index (χ2v) is 9.15. The van der Waals surface area contributed by atoms with E-state index in [-0.39, 0.29) is 48.1 Å². The minimum Gasteiger partial charge on any atom is -0.491 e. The van der Waals surface area contributed by atoms with Gasteiger partial charge in [-0.1, -0.05) is 13.8 Å². The number of amides is 3. The summed E-state index contributed by atoms with van der Waals surface area (Å²) in [5.41, 5.74) is 1.15. The van der Waals surface area contributed by atoms with Crippen LogP contribution < -0.4 is 10.1 Å². The maximum Gasteiger partial charge on any atom is 0.274 e. The van der Waals surface area contributed by atoms with Crippen LogP contribution in [0.5, 0.6) is 5.75 Å². The number of anilines is 1. The largest absolute Gasteiger partial charge is 0.491 e. The molecule has 0 bridgehead atoms. The third-order valence-electron chi connectivity index (χ3n) is 6.25. The first-order chi connectivity index (χ1) is 17.2. The average Bonchev–Trinajstić information content (AvgIpc) is 2.88. The van der Waals surface area contributed by atoms with Crippen molar-refractivity contribution in [1.82, 2.24) is 19.8 Å². The Labute approximate surface area is 212 Å². The van der Waals surface area contributed by atoms with E-state index in [1.807, 2.05) is 20.8 Å². The second kappa shape index (κ2) is 12.4. The smallest absolute Gasteiger partial charge is 0.274 e. The molecule has 1 N–H and O–H groups in total. The summed E-state index contributed by atoms with van der Waals surface area (Å²) >= 11 is 0. The number of ether oxygens (including phenoxy) is 2. The molecule has 10 nitrogen and oxygen atoms in total. The van der Waals surface area contributed by atoms with Crippen molar-refractivity contribution in [3.8, 4) is 5.75 Å². The number of likely N-dealkylation sites (N-methyl/N-ethyl adjacent to an activating group) is 1. The summed E-state index contributed by atoms with van der Waals surface area (Å²) in [6, 6.07) is 4.65. The molecule has 0 aliphatic carbocycles. The first-order valence-electron chi connectivity index (χ1n) is 12.2. The van der Waals surface area contributed by atoms with Crippen LogP contribution in [0.2, 0.25) is 0 Å². The summed E-state index contributed by atoms with van der Waals surface area (Å²) in [5.74, 6) is -0.333. The molecule has 3 atom stereocenters. The van der Waals surface area contributed by atoms with Crippen LogP contribution in [0, 0.1) is 5.92 Å². The molecule has 36 heavy (non-hydrogen) atoms. The van der Waals surface area contributed by atoms with Gasteiger partial charge in [0.25, 0.3) is 11.8 Å². The molecule has 1 aromatic heterocycles. The van der Waals surface area contributed by atoms with Gasteiger partial charge in [-0.05, 0) is 25.5 Å². The summed E-state index contributed by atoms with van der Waals surface area (Å²) in [6.07, 6.45) is 5.26. The highest BCUT2D eigenvalue weighted by Crippen LogP contribution is 2.27. The van der Waals surface area contributed by atoms with Crippen molar-refractivity contribution in [3.05, 3.63) is 48.0 Å². The van der Waals surface area contributed by atoms with E-state index in [0.29, 0.717) is 36.5 Å². The lowest BCUT2D eigenvalue weighted by atomic mass is 10.0. The lowest BCUT2D eigenvalue weighted by Gasteiger charge is -2.35. The number of nitrogens with one attached hydrogen (secondary N) is 1. The normalized spacial score (nSPS) is 21.0. The van der Waals surface area contributed by atoms with E-state index in [0.717, 1.165) is 6.42 Å². The average molecular weight is 498 g/mol. The molecule has 194 valence electrons. The lowest BCUT2D eigenvalue weighted by molar-refractivity contribution is -0.116. The quantitative estimate of drug-likeness (QED) is 0.676. The van der Waals surface area contributed by atoms with Crippen molar-refractivity contribution < 1.29 is 23.9 Å². The van der Waals surface area contributed by atoms with E-state index >= 15 is 0 Å². The minimum atomic E-state index is -0.349. The number of rotatable bonds is 5. The van der Waals surface area contributed by atoms with Crippen molar-refractivity contribution in [2.45, 2.75) is 45.8 Å². The van der Waals surface area contributed by atoms with E-state index in [9.17, 15) is 14.4 Å². The number of nitrogens with zero attached hydrogens (tertiary/aromatic N) is 4. The zero-order valence-electron chi connectivity index (χ0n) is 21.6. The van der Waals surface area contributed by atoms with Crippen LogP contribution in [0.3, 0.4) is 0 Å². The van der Waals surface area contributed by atoms with Crippen molar-refractivity contribution in [3.63, 3.8) is 0 Å². The van der Waals surface area contributed by atoms with Gasteiger partial charge in [-0.15, -0.1) is 0 Å². The Hall–Kier alpha value is -3.53. The van der Waals surface area contributed by atoms with Crippen LogP contribution in [-0.4, -0.2) is 83.5 Å². The lowest BCUT2D eigenvalue weighted by Crippen LogP contribution is -2.48. The van der Waals surface area contributed by atoms with Crippen LogP contribution in [-0.2, 0) is 9.53 Å². The molecule has 3 rings (SSSR count). The van der Waals surface area contributed by atoms with Gasteiger partial charge in [0.15, 0.2) is 0 Å². The highest BCUT2D eigenvalue weighted by Gasteiger charge is 2.31. The molecule has 0 saturated heterocycles. The third kappa shape index (κ3) is 6.57. The standard InChI is InChI=1S/C26H35N5O5/c1-6-7-24(32)29-19-8-9-20-22(12-19)36-16-18(3)31(26(34)21-13-27-10-11-28-21)14-17(2)23(35-5)15-30(4)25(20)33/h8-13,17-18,23H,6-7,14-16H2,1-5H3,(H,29,32)/t17-,18+,23-/m0/s1. The van der Waals surface area contributed by atoms with Crippen molar-refractivity contribution in [2.75, 3.05) is 39.2 Å². The fourth-order valence-electron chi connectivity index (χ4n) is 4.14. The zero-order chi connectivity index (χ0) is 26.2. The molecule has 1 aliphatic heterocycles. The summed E-state index contributed by atoms with van der Waals surface area (Å²) in [6.45, 7) is 6.63. The Morgan fingerprint density at radius 1 is 1.22 bits per heavy atom. The van der Waals surface area contributed by atoms with Crippen LogP contribution in [0.15, 0.2) is 36.8 Å². The summed E-state index contributed by atoms with van der Waals surface area (Å²) < 4.78 is 11.8. The molecule has 0 saturated carbocycles. The number of carbonyl (C=O) groups is 3. The SMILES string of the molecule is CCCC(=O)Nc1ccc2c(c1)OC[C@@H](C)N(C(=O)c1cnccn1)C[C@H](C)[C@@H](OC)CN(C)C2=O. The number of hydrogen-bond acceptors (Lipinski definition) is 7. The number of carbonyl (C=O) groups excluding carboxylic acids is 3. The molecule has 0 radical (unpaired) electrons. The molecule has 2 heterocycles. The monoisotopic (exact) mass is 497 g/mol. The predicted octanol–water partition coefficient (Wildman–Crippen LogP) is 2.86. The molecule has 1 aromatic carbocycles. The van der Waals surface area contributed by atoms with Gasteiger partial charge in [0.2, 0.25) is 5.91 Å². The first-order valence-corrected chi connectivity index (χ1v) is 12.2. The molecule has 0 unspecified atom stereocenters. The van der Waals surface area contributed by atoms with Crippen molar-refractivity contribution in [1.29, 1.82) is 0 Å². The van der Waals surface area contributed by atoms with Crippen LogP contribution in [0.1, 0.15) is 54.5 Å². The second-order valence-electron chi connectivity index (χ2n) is 9.15. The summed E-state index contributed by atoms with van der Waals surface area (Å²) in [7, 11) is 3.31. The zero-order valence-corrected chi connectivity index (χ0v) is 21.6. The maximum atomic E-state index is 13.4. The number of aromatic nitrogens is 2. The number of fused-ring (bicyclic) bond motifs is 1. The minimum absolute atomic E-state index is 0.0802. The predicted molar refractivity (Wildman–Crippen MR) is 135 cm³/mol. The van der Waals surface area contributed by atoms with Gasteiger partial charge >= 0.3 is 0 Å².